The molecular weight excluding hydrogens is 263 g/mol. The van der Waals surface area contributed by atoms with E-state index in [1.807, 2.05) is 0 Å². The zero-order valence-electron chi connectivity index (χ0n) is 8.64. The number of alkyl halides is 1. The highest BCUT2D eigenvalue weighted by atomic mass is 79.9. The quantitative estimate of drug-likeness (QED) is 0.626. The van der Waals surface area contributed by atoms with E-state index in [1.54, 1.807) is 13.0 Å². The van der Waals surface area contributed by atoms with Crippen LogP contribution >= 0.6 is 15.9 Å². The summed E-state index contributed by atoms with van der Waals surface area (Å²) in [6.07, 6.45) is 0.183. The highest BCUT2D eigenvalue weighted by Crippen LogP contribution is 2.18. The highest BCUT2D eigenvalue weighted by molar-refractivity contribution is 9.08. The van der Waals surface area contributed by atoms with Crippen molar-refractivity contribution in [1.29, 1.82) is 0 Å². The number of halogens is 2. The monoisotopic (exact) mass is 274 g/mol. The minimum atomic E-state index is -0.315. The second kappa shape index (κ2) is 5.26. The summed E-state index contributed by atoms with van der Waals surface area (Å²) in [7, 11) is 1.34. The van der Waals surface area contributed by atoms with Gasteiger partial charge < -0.3 is 4.74 Å². The number of rotatable bonds is 3. The molecule has 1 rings (SSSR count). The molecule has 1 aromatic rings. The topological polar surface area (TPSA) is 26.3 Å². The first-order valence-electron chi connectivity index (χ1n) is 4.49. The number of benzene rings is 1. The van der Waals surface area contributed by atoms with Crippen LogP contribution in [-0.4, -0.2) is 13.1 Å². The molecule has 15 heavy (non-hydrogen) atoms. The predicted molar refractivity (Wildman–Crippen MR) is 59.5 cm³/mol. The van der Waals surface area contributed by atoms with E-state index in [0.29, 0.717) is 10.9 Å². The summed E-state index contributed by atoms with van der Waals surface area (Å²) in [5, 5.41) is 0.438. The molecule has 0 aromatic heterocycles. The maximum absolute atomic E-state index is 13.3. The molecule has 82 valence electrons. The average molecular weight is 275 g/mol. The molecule has 0 unspecified atom stereocenters. The molecule has 1 aromatic carbocycles. The van der Waals surface area contributed by atoms with Gasteiger partial charge in [-0.2, -0.15) is 0 Å². The van der Waals surface area contributed by atoms with Gasteiger partial charge in [-0.05, 0) is 29.7 Å². The number of carbonyl (C=O) groups excluding carboxylic acids is 1. The van der Waals surface area contributed by atoms with Gasteiger partial charge in [-0.1, -0.05) is 22.0 Å². The summed E-state index contributed by atoms with van der Waals surface area (Å²) in [5.74, 6) is -0.566. The van der Waals surface area contributed by atoms with Crippen molar-refractivity contribution in [1.82, 2.24) is 0 Å². The second-order valence-electron chi connectivity index (χ2n) is 3.26. The molecule has 0 spiro atoms. The molecule has 0 radical (unpaired) electrons. The molecule has 0 heterocycles. The van der Waals surface area contributed by atoms with Gasteiger partial charge in [-0.25, -0.2) is 4.39 Å². The van der Waals surface area contributed by atoms with E-state index in [9.17, 15) is 9.18 Å². The van der Waals surface area contributed by atoms with Gasteiger partial charge in [0.1, 0.15) is 5.82 Å². The first-order chi connectivity index (χ1) is 7.08. The van der Waals surface area contributed by atoms with E-state index in [-0.39, 0.29) is 18.2 Å². The Bertz CT molecular complexity index is 377. The Labute approximate surface area is 96.6 Å². The van der Waals surface area contributed by atoms with Crippen LogP contribution in [0.15, 0.2) is 12.1 Å². The van der Waals surface area contributed by atoms with Gasteiger partial charge in [0, 0.05) is 5.33 Å². The molecule has 2 nitrogen and oxygen atoms in total. The Morgan fingerprint density at radius 2 is 2.13 bits per heavy atom. The second-order valence-corrected chi connectivity index (χ2v) is 3.82. The van der Waals surface area contributed by atoms with Crippen LogP contribution in [0.4, 0.5) is 4.39 Å². The number of methoxy groups -OCH3 is 1. The number of ether oxygens (including phenoxy) is 1. The van der Waals surface area contributed by atoms with Crippen molar-refractivity contribution in [2.45, 2.75) is 18.7 Å². The van der Waals surface area contributed by atoms with Crippen LogP contribution in [0.5, 0.6) is 0 Å². The molecule has 0 aliphatic heterocycles. The summed E-state index contributed by atoms with van der Waals surface area (Å²) >= 11 is 3.19. The van der Waals surface area contributed by atoms with E-state index in [2.05, 4.69) is 20.7 Å². The smallest absolute Gasteiger partial charge is 0.309 e. The molecule has 0 aliphatic carbocycles. The fourth-order valence-corrected chi connectivity index (χ4v) is 1.72. The lowest BCUT2D eigenvalue weighted by Crippen LogP contribution is -2.07. The first-order valence-corrected chi connectivity index (χ1v) is 5.61. The van der Waals surface area contributed by atoms with E-state index in [1.165, 1.54) is 13.2 Å². The third-order valence-electron chi connectivity index (χ3n) is 2.21. The van der Waals surface area contributed by atoms with Crippen LogP contribution in [0.3, 0.4) is 0 Å². The summed E-state index contributed by atoms with van der Waals surface area (Å²) in [6, 6.07) is 3.13. The maximum atomic E-state index is 13.3. The Morgan fingerprint density at radius 1 is 1.47 bits per heavy atom. The molecular formula is C11H12BrFO2. The average Bonchev–Trinajstić information content (AvgIpc) is 2.21. The van der Waals surface area contributed by atoms with Crippen LogP contribution < -0.4 is 0 Å². The van der Waals surface area contributed by atoms with E-state index in [4.69, 9.17) is 0 Å². The Balaban J connectivity index is 3.02. The van der Waals surface area contributed by atoms with Crippen molar-refractivity contribution >= 4 is 21.9 Å². The normalized spacial score (nSPS) is 10.1. The van der Waals surface area contributed by atoms with Crippen molar-refractivity contribution in [3.05, 3.63) is 34.6 Å². The standard InChI is InChI=1S/C11H12BrFO2/c1-7-3-10(13)9(6-12)4-8(7)5-11(14)15-2/h3-4H,5-6H2,1-2H3. The summed E-state index contributed by atoms with van der Waals surface area (Å²) in [4.78, 5) is 11.1. The number of hydrogen-bond donors (Lipinski definition) is 0. The lowest BCUT2D eigenvalue weighted by molar-refractivity contribution is -0.139. The highest BCUT2D eigenvalue weighted by Gasteiger charge is 2.10. The van der Waals surface area contributed by atoms with Crippen LogP contribution in [0.2, 0.25) is 0 Å². The SMILES string of the molecule is COC(=O)Cc1cc(CBr)c(F)cc1C. The lowest BCUT2D eigenvalue weighted by atomic mass is 10.0. The van der Waals surface area contributed by atoms with Crippen molar-refractivity contribution in [2.75, 3.05) is 7.11 Å². The van der Waals surface area contributed by atoms with Gasteiger partial charge in [0.15, 0.2) is 0 Å². The molecule has 0 amide bonds. The maximum Gasteiger partial charge on any atom is 0.309 e. The molecule has 0 saturated carbocycles. The minimum absolute atomic E-state index is 0.183. The van der Waals surface area contributed by atoms with Gasteiger partial charge in [0.25, 0.3) is 0 Å². The van der Waals surface area contributed by atoms with Crippen LogP contribution in [0.1, 0.15) is 16.7 Å². The van der Waals surface area contributed by atoms with Crippen molar-refractivity contribution < 1.29 is 13.9 Å². The molecule has 0 aliphatic rings. The zero-order chi connectivity index (χ0) is 11.4. The Kier molecular flexibility index (Phi) is 4.27. The van der Waals surface area contributed by atoms with E-state index < -0.39 is 0 Å². The van der Waals surface area contributed by atoms with Crippen molar-refractivity contribution in [3.8, 4) is 0 Å². The third-order valence-corrected chi connectivity index (χ3v) is 2.82. The minimum Gasteiger partial charge on any atom is -0.469 e. The summed E-state index contributed by atoms with van der Waals surface area (Å²) in [5.41, 5.74) is 2.12. The van der Waals surface area contributed by atoms with Crippen LogP contribution in [0, 0.1) is 12.7 Å². The van der Waals surface area contributed by atoms with E-state index in [0.717, 1.165) is 11.1 Å². The molecule has 0 atom stereocenters. The Hall–Kier alpha value is -0.900. The van der Waals surface area contributed by atoms with E-state index >= 15 is 0 Å². The summed E-state index contributed by atoms with van der Waals surface area (Å²) in [6.45, 7) is 1.78. The Morgan fingerprint density at radius 3 is 2.67 bits per heavy atom. The van der Waals surface area contributed by atoms with Crippen LogP contribution in [-0.2, 0) is 21.3 Å². The van der Waals surface area contributed by atoms with Gasteiger partial charge >= 0.3 is 5.97 Å². The van der Waals surface area contributed by atoms with Crippen LogP contribution in [0.25, 0.3) is 0 Å². The lowest BCUT2D eigenvalue weighted by Gasteiger charge is -2.07. The zero-order valence-corrected chi connectivity index (χ0v) is 10.2. The predicted octanol–water partition coefficient (Wildman–Crippen LogP) is 2.74. The van der Waals surface area contributed by atoms with Crippen molar-refractivity contribution in [3.63, 3.8) is 0 Å². The molecule has 0 N–H and O–H groups in total. The fourth-order valence-electron chi connectivity index (χ4n) is 1.29. The number of aryl methyl sites for hydroxylation is 1. The first kappa shape index (κ1) is 12.2. The van der Waals surface area contributed by atoms with Gasteiger partial charge in [0.2, 0.25) is 0 Å². The largest absolute Gasteiger partial charge is 0.469 e. The fraction of sp³-hybridized carbons (Fsp3) is 0.364. The molecule has 0 saturated heterocycles. The number of carbonyl (C=O) groups is 1. The van der Waals surface area contributed by atoms with Gasteiger partial charge in [0.05, 0.1) is 13.5 Å². The van der Waals surface area contributed by atoms with Gasteiger partial charge in [-0.15, -0.1) is 0 Å². The van der Waals surface area contributed by atoms with Gasteiger partial charge in [-0.3, -0.25) is 4.79 Å². The molecule has 4 heteroatoms. The third kappa shape index (κ3) is 3.02. The van der Waals surface area contributed by atoms with Crippen molar-refractivity contribution in [2.24, 2.45) is 0 Å². The molecule has 0 fully saturated rings. The summed E-state index contributed by atoms with van der Waals surface area (Å²) < 4.78 is 17.9. The molecule has 0 bridgehead atoms. The number of esters is 1. The number of hydrogen-bond acceptors (Lipinski definition) is 2.